The summed E-state index contributed by atoms with van der Waals surface area (Å²) in [7, 11) is 0. The summed E-state index contributed by atoms with van der Waals surface area (Å²) in [5.74, 6) is -0.871. The number of carboxylic acid groups (broad SMARTS) is 1. The topological polar surface area (TPSA) is 62.2 Å². The Hall–Kier alpha value is -2.59. The van der Waals surface area contributed by atoms with Crippen LogP contribution < -0.4 is 5.32 Å². The van der Waals surface area contributed by atoms with Crippen molar-refractivity contribution >= 4 is 34.2 Å². The molecule has 3 aromatic rings. The number of benzene rings is 2. The number of halogens is 1. The molecule has 0 spiro atoms. The van der Waals surface area contributed by atoms with Crippen molar-refractivity contribution in [3.8, 4) is 0 Å². The van der Waals surface area contributed by atoms with E-state index >= 15 is 0 Å². The standard InChI is InChI=1S/C19H17ClN2O2/c1-12-16(10-18(23)24)19(15-4-2-3-5-17(15)22-12)21-11-13-6-8-14(20)9-7-13/h2-9H,10-11H2,1H3,(H,21,22)(H,23,24). The summed E-state index contributed by atoms with van der Waals surface area (Å²) >= 11 is 5.92. The Morgan fingerprint density at radius 1 is 1.17 bits per heavy atom. The van der Waals surface area contributed by atoms with Crippen LogP contribution in [0.5, 0.6) is 0 Å². The second-order valence-electron chi connectivity index (χ2n) is 5.62. The highest BCUT2D eigenvalue weighted by atomic mass is 35.5. The Kier molecular flexibility index (Phi) is 4.67. The van der Waals surface area contributed by atoms with E-state index < -0.39 is 5.97 Å². The van der Waals surface area contributed by atoms with E-state index in [1.807, 2.05) is 55.5 Å². The van der Waals surface area contributed by atoms with Crippen LogP contribution in [0, 0.1) is 6.92 Å². The summed E-state index contributed by atoms with van der Waals surface area (Å²) in [5.41, 5.74) is 4.20. The van der Waals surface area contributed by atoms with Gasteiger partial charge in [-0.3, -0.25) is 9.78 Å². The van der Waals surface area contributed by atoms with Crippen molar-refractivity contribution in [3.05, 3.63) is 70.4 Å². The van der Waals surface area contributed by atoms with Gasteiger partial charge in [0.05, 0.1) is 11.9 Å². The number of pyridine rings is 1. The molecule has 2 aromatic carbocycles. The molecular weight excluding hydrogens is 324 g/mol. The zero-order valence-corrected chi connectivity index (χ0v) is 14.0. The van der Waals surface area contributed by atoms with E-state index in [2.05, 4.69) is 10.3 Å². The Bertz CT molecular complexity index is 892. The molecule has 1 heterocycles. The second kappa shape index (κ2) is 6.89. The zero-order chi connectivity index (χ0) is 17.1. The largest absolute Gasteiger partial charge is 0.481 e. The molecule has 0 amide bonds. The van der Waals surface area contributed by atoms with Gasteiger partial charge in [0.2, 0.25) is 0 Å². The van der Waals surface area contributed by atoms with Gasteiger partial charge in [-0.25, -0.2) is 0 Å². The van der Waals surface area contributed by atoms with Gasteiger partial charge in [-0.1, -0.05) is 41.9 Å². The van der Waals surface area contributed by atoms with Crippen LogP contribution in [0.3, 0.4) is 0 Å². The maximum Gasteiger partial charge on any atom is 0.307 e. The quantitative estimate of drug-likeness (QED) is 0.721. The lowest BCUT2D eigenvalue weighted by Crippen LogP contribution is -2.10. The minimum Gasteiger partial charge on any atom is -0.481 e. The first-order chi connectivity index (χ1) is 11.5. The normalized spacial score (nSPS) is 10.8. The Labute approximate surface area is 145 Å². The summed E-state index contributed by atoms with van der Waals surface area (Å²) in [4.78, 5) is 15.8. The summed E-state index contributed by atoms with van der Waals surface area (Å²) in [6.07, 6.45) is -0.0629. The molecule has 24 heavy (non-hydrogen) atoms. The number of para-hydroxylation sites is 1. The predicted molar refractivity (Wildman–Crippen MR) is 96.6 cm³/mol. The van der Waals surface area contributed by atoms with Gasteiger partial charge < -0.3 is 10.4 Å². The Balaban J connectivity index is 2.02. The Morgan fingerprint density at radius 3 is 2.58 bits per heavy atom. The Morgan fingerprint density at radius 2 is 1.88 bits per heavy atom. The number of hydrogen-bond acceptors (Lipinski definition) is 3. The van der Waals surface area contributed by atoms with Crippen molar-refractivity contribution in [2.45, 2.75) is 19.9 Å². The third kappa shape index (κ3) is 3.49. The van der Waals surface area contributed by atoms with E-state index in [1.165, 1.54) is 0 Å². The molecule has 2 N–H and O–H groups in total. The summed E-state index contributed by atoms with van der Waals surface area (Å²) in [6.45, 7) is 2.43. The molecule has 0 saturated carbocycles. The van der Waals surface area contributed by atoms with Crippen LogP contribution in [0.2, 0.25) is 5.02 Å². The maximum atomic E-state index is 11.3. The lowest BCUT2D eigenvalue weighted by atomic mass is 10.0. The summed E-state index contributed by atoms with van der Waals surface area (Å²) < 4.78 is 0. The second-order valence-corrected chi connectivity index (χ2v) is 6.05. The van der Waals surface area contributed by atoms with E-state index in [4.69, 9.17) is 11.6 Å². The number of nitrogens with zero attached hydrogens (tertiary/aromatic N) is 1. The van der Waals surface area contributed by atoms with E-state index in [9.17, 15) is 9.90 Å². The molecule has 5 heteroatoms. The fraction of sp³-hybridized carbons (Fsp3) is 0.158. The monoisotopic (exact) mass is 340 g/mol. The summed E-state index contributed by atoms with van der Waals surface area (Å²) in [6, 6.07) is 15.3. The fourth-order valence-corrected chi connectivity index (χ4v) is 2.86. The van der Waals surface area contributed by atoms with Crippen molar-refractivity contribution in [2.75, 3.05) is 5.32 Å². The molecular formula is C19H17ClN2O2. The van der Waals surface area contributed by atoms with Gasteiger partial charge in [0.25, 0.3) is 0 Å². The fourth-order valence-electron chi connectivity index (χ4n) is 2.74. The lowest BCUT2D eigenvalue weighted by Gasteiger charge is -2.16. The van der Waals surface area contributed by atoms with Crippen molar-refractivity contribution in [1.82, 2.24) is 4.98 Å². The number of fused-ring (bicyclic) bond motifs is 1. The summed E-state index contributed by atoms with van der Waals surface area (Å²) in [5, 5.41) is 14.2. The SMILES string of the molecule is Cc1nc2ccccc2c(NCc2ccc(Cl)cc2)c1CC(=O)O. The maximum absolute atomic E-state index is 11.3. The van der Waals surface area contributed by atoms with Gasteiger partial charge in [-0.05, 0) is 30.7 Å². The van der Waals surface area contributed by atoms with Crippen LogP contribution in [0.4, 0.5) is 5.69 Å². The van der Waals surface area contributed by atoms with E-state index in [0.717, 1.165) is 33.4 Å². The average molecular weight is 341 g/mol. The first-order valence-corrected chi connectivity index (χ1v) is 8.00. The third-order valence-corrected chi connectivity index (χ3v) is 4.16. The van der Waals surface area contributed by atoms with Gasteiger partial charge in [0, 0.05) is 33.9 Å². The molecule has 0 fully saturated rings. The molecule has 0 atom stereocenters. The molecule has 0 radical (unpaired) electrons. The molecule has 0 saturated heterocycles. The number of aryl methyl sites for hydroxylation is 1. The van der Waals surface area contributed by atoms with Gasteiger partial charge in [-0.15, -0.1) is 0 Å². The minimum absolute atomic E-state index is 0.0629. The van der Waals surface area contributed by atoms with Gasteiger partial charge in [0.1, 0.15) is 0 Å². The van der Waals surface area contributed by atoms with Crippen molar-refractivity contribution in [1.29, 1.82) is 0 Å². The number of aliphatic carboxylic acids is 1. The molecule has 0 unspecified atom stereocenters. The number of carbonyl (C=O) groups is 1. The highest BCUT2D eigenvalue weighted by Crippen LogP contribution is 2.29. The number of carboxylic acids is 1. The number of aromatic nitrogens is 1. The van der Waals surface area contributed by atoms with Crippen LogP contribution in [0.15, 0.2) is 48.5 Å². The van der Waals surface area contributed by atoms with E-state index in [-0.39, 0.29) is 6.42 Å². The first kappa shape index (κ1) is 16.3. The van der Waals surface area contributed by atoms with Crippen LogP contribution in [-0.2, 0) is 17.8 Å². The van der Waals surface area contributed by atoms with Crippen LogP contribution in [0.1, 0.15) is 16.8 Å². The van der Waals surface area contributed by atoms with E-state index in [0.29, 0.717) is 11.6 Å². The zero-order valence-electron chi connectivity index (χ0n) is 13.2. The van der Waals surface area contributed by atoms with Crippen molar-refractivity contribution in [3.63, 3.8) is 0 Å². The molecule has 3 rings (SSSR count). The van der Waals surface area contributed by atoms with Crippen LogP contribution in [-0.4, -0.2) is 16.1 Å². The smallest absolute Gasteiger partial charge is 0.307 e. The third-order valence-electron chi connectivity index (χ3n) is 3.91. The molecule has 4 nitrogen and oxygen atoms in total. The van der Waals surface area contributed by atoms with Crippen LogP contribution >= 0.6 is 11.6 Å². The number of rotatable bonds is 5. The molecule has 0 bridgehead atoms. The number of anilines is 1. The van der Waals surface area contributed by atoms with Crippen molar-refractivity contribution < 1.29 is 9.90 Å². The highest BCUT2D eigenvalue weighted by molar-refractivity contribution is 6.30. The molecule has 0 aliphatic carbocycles. The van der Waals surface area contributed by atoms with Gasteiger partial charge in [-0.2, -0.15) is 0 Å². The van der Waals surface area contributed by atoms with Crippen LogP contribution in [0.25, 0.3) is 10.9 Å². The molecule has 122 valence electrons. The number of nitrogens with one attached hydrogen (secondary N) is 1. The predicted octanol–water partition coefficient (Wildman–Crippen LogP) is 4.44. The first-order valence-electron chi connectivity index (χ1n) is 7.63. The minimum atomic E-state index is -0.871. The van der Waals surface area contributed by atoms with E-state index in [1.54, 1.807) is 0 Å². The molecule has 1 aromatic heterocycles. The van der Waals surface area contributed by atoms with Gasteiger partial charge in [0.15, 0.2) is 0 Å². The van der Waals surface area contributed by atoms with Crippen molar-refractivity contribution in [2.24, 2.45) is 0 Å². The molecule has 0 aliphatic rings. The molecule has 0 aliphatic heterocycles. The lowest BCUT2D eigenvalue weighted by molar-refractivity contribution is -0.136. The number of hydrogen-bond donors (Lipinski definition) is 2. The van der Waals surface area contributed by atoms with Gasteiger partial charge >= 0.3 is 5.97 Å². The average Bonchev–Trinajstić information content (AvgIpc) is 2.56. The highest BCUT2D eigenvalue weighted by Gasteiger charge is 2.15.